The highest BCUT2D eigenvalue weighted by Gasteiger charge is 2.51. The number of anilines is 1. The van der Waals surface area contributed by atoms with Gasteiger partial charge in [0.15, 0.2) is 0 Å². The summed E-state index contributed by atoms with van der Waals surface area (Å²) in [4.78, 5) is 30.5. The van der Waals surface area contributed by atoms with E-state index in [1.54, 1.807) is 4.90 Å². The van der Waals surface area contributed by atoms with Crippen LogP contribution < -0.4 is 10.6 Å². The van der Waals surface area contributed by atoms with Crippen molar-refractivity contribution in [2.75, 3.05) is 12.4 Å². The Bertz CT molecular complexity index is 1070. The van der Waals surface area contributed by atoms with Crippen LogP contribution in [-0.2, 0) is 29.0 Å². The predicted molar refractivity (Wildman–Crippen MR) is 125 cm³/mol. The normalized spacial score (nSPS) is 25.9. The van der Waals surface area contributed by atoms with Gasteiger partial charge in [0.2, 0.25) is 11.8 Å². The minimum Gasteiger partial charge on any atom is -0.380 e. The van der Waals surface area contributed by atoms with Crippen molar-refractivity contribution in [1.82, 2.24) is 15.2 Å². The Balaban J connectivity index is 1.13. The quantitative estimate of drug-likeness (QED) is 0.689. The number of benzene rings is 1. The number of halogens is 2. The predicted octanol–water partition coefficient (Wildman–Crippen LogP) is 3.98. The molecule has 1 saturated carbocycles. The number of carbonyl (C=O) groups is 2. The zero-order valence-corrected chi connectivity index (χ0v) is 19.5. The summed E-state index contributed by atoms with van der Waals surface area (Å²) >= 11 is 12.5. The molecule has 2 aromatic rings. The molecule has 1 saturated heterocycles. The second-order valence-electron chi connectivity index (χ2n) is 9.41. The van der Waals surface area contributed by atoms with Crippen LogP contribution >= 0.6 is 23.2 Å². The second kappa shape index (κ2) is 8.23. The van der Waals surface area contributed by atoms with Crippen LogP contribution in [0.4, 0.5) is 5.69 Å². The lowest BCUT2D eigenvalue weighted by Gasteiger charge is -2.45. The van der Waals surface area contributed by atoms with Crippen molar-refractivity contribution in [2.45, 2.75) is 56.7 Å². The molecule has 2 fully saturated rings. The number of nitrogens with zero attached hydrogens (tertiary/aromatic N) is 2. The minimum atomic E-state index is -0.126. The van der Waals surface area contributed by atoms with Crippen LogP contribution in [0.15, 0.2) is 30.5 Å². The van der Waals surface area contributed by atoms with Crippen molar-refractivity contribution in [1.29, 1.82) is 0 Å². The third-order valence-corrected chi connectivity index (χ3v) is 7.88. The largest absolute Gasteiger partial charge is 0.380 e. The fourth-order valence-corrected chi connectivity index (χ4v) is 5.78. The summed E-state index contributed by atoms with van der Waals surface area (Å²) in [7, 11) is 1.82. The summed E-state index contributed by atoms with van der Waals surface area (Å²) in [5.74, 6) is 0.222. The maximum atomic E-state index is 12.8. The first kappa shape index (κ1) is 21.5. The maximum absolute atomic E-state index is 12.8. The fourth-order valence-electron chi connectivity index (χ4n) is 5.34. The molecule has 2 heterocycles. The van der Waals surface area contributed by atoms with E-state index in [1.165, 1.54) is 5.56 Å². The van der Waals surface area contributed by atoms with Gasteiger partial charge in [-0.25, -0.2) is 0 Å². The van der Waals surface area contributed by atoms with E-state index < -0.39 is 0 Å². The standard InChI is InChI=1S/C24H26Cl2N4O2/c1-30(23(32)15-10-24(11-15)7-6-21(31)29-24)13-17-4-3-16(12-27-17)28-18-8-14-2-5-20(25)22(26)19(14)9-18/h2-5,12,15,18,28H,6-11,13H2,1H3,(H,29,31). The van der Waals surface area contributed by atoms with Crippen molar-refractivity contribution in [2.24, 2.45) is 5.92 Å². The number of rotatable bonds is 5. The molecule has 0 bridgehead atoms. The van der Waals surface area contributed by atoms with Crippen molar-refractivity contribution in [3.05, 3.63) is 57.3 Å². The van der Waals surface area contributed by atoms with Crippen LogP contribution in [-0.4, -0.2) is 40.3 Å². The van der Waals surface area contributed by atoms with E-state index in [0.29, 0.717) is 23.0 Å². The van der Waals surface area contributed by atoms with E-state index in [-0.39, 0.29) is 29.3 Å². The molecule has 2 aliphatic carbocycles. The van der Waals surface area contributed by atoms with Gasteiger partial charge in [0.25, 0.3) is 0 Å². The molecule has 168 valence electrons. The number of nitrogens with one attached hydrogen (secondary N) is 2. The van der Waals surface area contributed by atoms with Gasteiger partial charge in [-0.1, -0.05) is 29.3 Å². The topological polar surface area (TPSA) is 74.3 Å². The van der Waals surface area contributed by atoms with Gasteiger partial charge < -0.3 is 15.5 Å². The van der Waals surface area contributed by atoms with Crippen molar-refractivity contribution >= 4 is 40.7 Å². The Morgan fingerprint density at radius 3 is 2.75 bits per heavy atom. The van der Waals surface area contributed by atoms with Gasteiger partial charge in [-0.05, 0) is 61.4 Å². The van der Waals surface area contributed by atoms with Gasteiger partial charge in [0.05, 0.1) is 34.2 Å². The molecule has 6 nitrogen and oxygen atoms in total. The summed E-state index contributed by atoms with van der Waals surface area (Å²) in [6.45, 7) is 0.470. The van der Waals surface area contributed by atoms with Crippen LogP contribution in [0, 0.1) is 5.92 Å². The third-order valence-electron chi connectivity index (χ3n) is 7.04. The molecule has 1 aromatic carbocycles. The smallest absolute Gasteiger partial charge is 0.225 e. The zero-order chi connectivity index (χ0) is 22.5. The van der Waals surface area contributed by atoms with Crippen LogP contribution in [0.5, 0.6) is 0 Å². The summed E-state index contributed by atoms with van der Waals surface area (Å²) in [5, 5.41) is 7.82. The lowest BCUT2D eigenvalue weighted by molar-refractivity contribution is -0.141. The number of carbonyl (C=O) groups excluding carboxylic acids is 2. The molecule has 8 heteroatoms. The molecule has 2 amide bonds. The molecular weight excluding hydrogens is 447 g/mol. The highest BCUT2D eigenvalue weighted by molar-refractivity contribution is 6.42. The van der Waals surface area contributed by atoms with Crippen LogP contribution in [0.25, 0.3) is 0 Å². The Kier molecular flexibility index (Phi) is 5.54. The first-order valence-electron chi connectivity index (χ1n) is 11.1. The highest BCUT2D eigenvalue weighted by Crippen LogP contribution is 2.44. The zero-order valence-electron chi connectivity index (χ0n) is 18.0. The van der Waals surface area contributed by atoms with E-state index in [4.69, 9.17) is 23.2 Å². The van der Waals surface area contributed by atoms with Gasteiger partial charge in [-0.3, -0.25) is 14.6 Å². The number of aromatic nitrogens is 1. The van der Waals surface area contributed by atoms with Crippen molar-refractivity contribution in [3.63, 3.8) is 0 Å². The Labute approximate surface area is 197 Å². The molecule has 1 atom stereocenters. The van der Waals surface area contributed by atoms with Gasteiger partial charge >= 0.3 is 0 Å². The van der Waals surface area contributed by atoms with E-state index in [1.807, 2.05) is 37.5 Å². The van der Waals surface area contributed by atoms with Crippen LogP contribution in [0.2, 0.25) is 10.0 Å². The van der Waals surface area contributed by atoms with E-state index in [2.05, 4.69) is 15.6 Å². The highest BCUT2D eigenvalue weighted by atomic mass is 35.5. The maximum Gasteiger partial charge on any atom is 0.225 e. The SMILES string of the molecule is CN(Cc1ccc(NC2Cc3ccc(Cl)c(Cl)c3C2)cn1)C(=O)C1CC2(CCC(=O)N2)C1. The molecule has 3 aliphatic rings. The lowest BCUT2D eigenvalue weighted by Crippen LogP contribution is -2.56. The van der Waals surface area contributed by atoms with Crippen LogP contribution in [0.1, 0.15) is 42.5 Å². The number of amides is 2. The van der Waals surface area contributed by atoms with Gasteiger partial charge in [0.1, 0.15) is 0 Å². The minimum absolute atomic E-state index is 0.0105. The molecule has 1 aliphatic heterocycles. The number of pyridine rings is 1. The summed E-state index contributed by atoms with van der Waals surface area (Å²) in [6, 6.07) is 8.11. The molecule has 5 rings (SSSR count). The molecule has 32 heavy (non-hydrogen) atoms. The van der Waals surface area contributed by atoms with Crippen molar-refractivity contribution in [3.8, 4) is 0 Å². The fraction of sp³-hybridized carbons (Fsp3) is 0.458. The number of hydrogen-bond donors (Lipinski definition) is 2. The number of hydrogen-bond acceptors (Lipinski definition) is 4. The Hall–Kier alpha value is -2.31. The van der Waals surface area contributed by atoms with Gasteiger partial charge in [0, 0.05) is 31.0 Å². The summed E-state index contributed by atoms with van der Waals surface area (Å²) < 4.78 is 0. The lowest BCUT2D eigenvalue weighted by atomic mass is 9.67. The monoisotopic (exact) mass is 472 g/mol. The Morgan fingerprint density at radius 2 is 2.06 bits per heavy atom. The van der Waals surface area contributed by atoms with Gasteiger partial charge in [-0.15, -0.1) is 0 Å². The second-order valence-corrected chi connectivity index (χ2v) is 10.2. The molecule has 1 aromatic heterocycles. The first-order valence-corrected chi connectivity index (χ1v) is 11.8. The average molecular weight is 473 g/mol. The molecule has 1 spiro atoms. The molecular formula is C24H26Cl2N4O2. The van der Waals surface area contributed by atoms with E-state index in [0.717, 1.165) is 49.0 Å². The van der Waals surface area contributed by atoms with E-state index in [9.17, 15) is 9.59 Å². The molecule has 1 unspecified atom stereocenters. The van der Waals surface area contributed by atoms with Crippen LogP contribution in [0.3, 0.4) is 0 Å². The van der Waals surface area contributed by atoms with Crippen molar-refractivity contribution < 1.29 is 9.59 Å². The third kappa shape index (κ3) is 4.06. The summed E-state index contributed by atoms with van der Waals surface area (Å²) in [6.07, 6.45) is 6.47. The average Bonchev–Trinajstić information content (AvgIpc) is 3.34. The molecule has 0 radical (unpaired) electrons. The van der Waals surface area contributed by atoms with Gasteiger partial charge in [-0.2, -0.15) is 0 Å². The first-order chi connectivity index (χ1) is 15.3. The Morgan fingerprint density at radius 1 is 1.25 bits per heavy atom. The summed E-state index contributed by atoms with van der Waals surface area (Å²) in [5.41, 5.74) is 4.02. The number of fused-ring (bicyclic) bond motifs is 1. The van der Waals surface area contributed by atoms with E-state index >= 15 is 0 Å². The molecule has 2 N–H and O–H groups in total.